The van der Waals surface area contributed by atoms with Crippen molar-refractivity contribution < 1.29 is 14.7 Å². The second-order valence-corrected chi connectivity index (χ2v) is 7.72. The molecular weight excluding hydrogens is 254 g/mol. The molecule has 2 bridgehead atoms. The van der Waals surface area contributed by atoms with E-state index in [9.17, 15) is 9.59 Å². The van der Waals surface area contributed by atoms with E-state index in [1.54, 1.807) is 0 Å². The van der Waals surface area contributed by atoms with E-state index in [1.807, 2.05) is 20.8 Å². The van der Waals surface area contributed by atoms with Gasteiger partial charge in [0.05, 0.1) is 6.42 Å². The average Bonchev–Trinajstić information content (AvgIpc) is 2.87. The van der Waals surface area contributed by atoms with Gasteiger partial charge in [-0.1, -0.05) is 27.2 Å². The van der Waals surface area contributed by atoms with Crippen LogP contribution in [0.5, 0.6) is 0 Å². The first-order valence-electron chi connectivity index (χ1n) is 7.77. The first-order valence-corrected chi connectivity index (χ1v) is 7.77. The van der Waals surface area contributed by atoms with E-state index in [0.717, 1.165) is 11.8 Å². The lowest BCUT2D eigenvalue weighted by molar-refractivity contribution is -0.138. The van der Waals surface area contributed by atoms with E-state index in [1.165, 1.54) is 25.7 Å². The van der Waals surface area contributed by atoms with E-state index in [-0.39, 0.29) is 23.8 Å². The Morgan fingerprint density at radius 1 is 1.25 bits per heavy atom. The van der Waals surface area contributed by atoms with Crippen molar-refractivity contribution in [1.82, 2.24) is 5.32 Å². The molecule has 4 heteroatoms. The first kappa shape index (κ1) is 15.3. The molecule has 0 aliphatic heterocycles. The van der Waals surface area contributed by atoms with Crippen molar-refractivity contribution >= 4 is 11.9 Å². The van der Waals surface area contributed by atoms with Crippen LogP contribution in [0.25, 0.3) is 0 Å². The minimum atomic E-state index is -0.856. The molecule has 114 valence electrons. The first-order chi connectivity index (χ1) is 9.25. The smallest absolute Gasteiger partial charge is 0.305 e. The van der Waals surface area contributed by atoms with Crippen molar-refractivity contribution in [1.29, 1.82) is 0 Å². The van der Waals surface area contributed by atoms with Gasteiger partial charge in [-0.05, 0) is 42.4 Å². The van der Waals surface area contributed by atoms with Gasteiger partial charge < -0.3 is 10.4 Å². The third-order valence-electron chi connectivity index (χ3n) is 5.09. The summed E-state index contributed by atoms with van der Waals surface area (Å²) in [7, 11) is 0. The molecule has 2 N–H and O–H groups in total. The van der Waals surface area contributed by atoms with Crippen molar-refractivity contribution in [3.8, 4) is 0 Å². The summed E-state index contributed by atoms with van der Waals surface area (Å²) in [4.78, 5) is 23.1. The van der Waals surface area contributed by atoms with Crippen LogP contribution < -0.4 is 5.32 Å². The fraction of sp³-hybridized carbons (Fsp3) is 0.875. The van der Waals surface area contributed by atoms with Gasteiger partial charge >= 0.3 is 5.97 Å². The van der Waals surface area contributed by atoms with Gasteiger partial charge in [-0.3, -0.25) is 9.59 Å². The van der Waals surface area contributed by atoms with Gasteiger partial charge in [-0.25, -0.2) is 0 Å². The van der Waals surface area contributed by atoms with Crippen LogP contribution in [0.1, 0.15) is 59.3 Å². The number of aliphatic carboxylic acids is 1. The molecule has 4 atom stereocenters. The van der Waals surface area contributed by atoms with Gasteiger partial charge in [0.15, 0.2) is 0 Å². The van der Waals surface area contributed by atoms with Crippen LogP contribution in [0.15, 0.2) is 0 Å². The summed E-state index contributed by atoms with van der Waals surface area (Å²) in [6.07, 6.45) is 5.68. The second kappa shape index (κ2) is 5.74. The highest BCUT2D eigenvalue weighted by Crippen LogP contribution is 2.49. The minimum absolute atomic E-state index is 0.00798. The van der Waals surface area contributed by atoms with Gasteiger partial charge in [0.25, 0.3) is 0 Å². The minimum Gasteiger partial charge on any atom is -0.481 e. The van der Waals surface area contributed by atoms with Crippen LogP contribution >= 0.6 is 0 Å². The average molecular weight is 281 g/mol. The largest absolute Gasteiger partial charge is 0.481 e. The van der Waals surface area contributed by atoms with Crippen molar-refractivity contribution in [3.63, 3.8) is 0 Å². The number of hydrogen-bond acceptors (Lipinski definition) is 2. The number of amides is 1. The Bertz CT molecular complexity index is 386. The van der Waals surface area contributed by atoms with Crippen LogP contribution in [-0.2, 0) is 9.59 Å². The van der Waals surface area contributed by atoms with Gasteiger partial charge in [-0.15, -0.1) is 0 Å². The number of nitrogens with one attached hydrogen (secondary N) is 1. The Morgan fingerprint density at radius 2 is 1.95 bits per heavy atom. The van der Waals surface area contributed by atoms with Crippen LogP contribution in [0, 0.1) is 23.2 Å². The molecule has 20 heavy (non-hydrogen) atoms. The Kier molecular flexibility index (Phi) is 4.40. The predicted molar refractivity (Wildman–Crippen MR) is 77.2 cm³/mol. The maximum absolute atomic E-state index is 12.2. The van der Waals surface area contributed by atoms with Crippen LogP contribution in [0.4, 0.5) is 0 Å². The maximum atomic E-state index is 12.2. The molecule has 2 aliphatic rings. The van der Waals surface area contributed by atoms with Crippen LogP contribution in [0.3, 0.4) is 0 Å². The summed E-state index contributed by atoms with van der Waals surface area (Å²) in [6, 6.07) is -0.300. The second-order valence-electron chi connectivity index (χ2n) is 7.72. The zero-order valence-electron chi connectivity index (χ0n) is 12.8. The summed E-state index contributed by atoms with van der Waals surface area (Å²) in [5.74, 6) is 1.28. The number of hydrogen-bond donors (Lipinski definition) is 2. The Morgan fingerprint density at radius 3 is 2.40 bits per heavy atom. The van der Waals surface area contributed by atoms with E-state index in [4.69, 9.17) is 5.11 Å². The van der Waals surface area contributed by atoms with Crippen LogP contribution in [-0.4, -0.2) is 23.0 Å². The monoisotopic (exact) mass is 281 g/mol. The van der Waals surface area contributed by atoms with Crippen LogP contribution in [0.2, 0.25) is 0 Å². The highest BCUT2D eigenvalue weighted by molar-refractivity contribution is 5.77. The Hall–Kier alpha value is -1.06. The SMILES string of the molecule is CC(C)(C)C(CC(=O)O)NC(=O)CC1CC2CCC1C2. The van der Waals surface area contributed by atoms with Crippen molar-refractivity contribution in [3.05, 3.63) is 0 Å². The van der Waals surface area contributed by atoms with Gasteiger partial charge in [-0.2, -0.15) is 0 Å². The van der Waals surface area contributed by atoms with E-state index >= 15 is 0 Å². The van der Waals surface area contributed by atoms with Crippen molar-refractivity contribution in [2.75, 3.05) is 0 Å². The lowest BCUT2D eigenvalue weighted by Crippen LogP contribution is -2.45. The lowest BCUT2D eigenvalue weighted by atomic mass is 9.83. The van der Waals surface area contributed by atoms with Gasteiger partial charge in [0.1, 0.15) is 0 Å². The predicted octanol–water partition coefficient (Wildman–Crippen LogP) is 2.82. The third kappa shape index (κ3) is 3.74. The highest BCUT2D eigenvalue weighted by Gasteiger charge is 2.40. The maximum Gasteiger partial charge on any atom is 0.305 e. The summed E-state index contributed by atoms with van der Waals surface area (Å²) >= 11 is 0. The molecule has 1 amide bonds. The molecule has 4 nitrogen and oxygen atoms in total. The highest BCUT2D eigenvalue weighted by atomic mass is 16.4. The number of fused-ring (bicyclic) bond motifs is 2. The normalized spacial score (nSPS) is 30.2. The molecule has 2 saturated carbocycles. The summed E-state index contributed by atoms with van der Waals surface area (Å²) < 4.78 is 0. The molecule has 0 heterocycles. The fourth-order valence-corrected chi connectivity index (χ4v) is 3.87. The molecule has 0 spiro atoms. The van der Waals surface area contributed by atoms with E-state index in [2.05, 4.69) is 5.32 Å². The number of rotatable bonds is 5. The van der Waals surface area contributed by atoms with Crippen molar-refractivity contribution in [2.24, 2.45) is 23.2 Å². The topological polar surface area (TPSA) is 66.4 Å². The molecule has 2 aliphatic carbocycles. The van der Waals surface area contributed by atoms with E-state index < -0.39 is 5.97 Å². The standard InChI is InChI=1S/C16H27NO3/c1-16(2,3)13(9-15(19)20)17-14(18)8-12-7-10-4-5-11(12)6-10/h10-13H,4-9H2,1-3H3,(H,17,18)(H,19,20). The summed E-state index contributed by atoms with van der Waals surface area (Å²) in [5, 5.41) is 11.9. The third-order valence-corrected chi connectivity index (χ3v) is 5.09. The Labute approximate surface area is 121 Å². The molecular formula is C16H27NO3. The summed E-state index contributed by atoms with van der Waals surface area (Å²) in [6.45, 7) is 5.91. The van der Waals surface area contributed by atoms with Gasteiger partial charge in [0, 0.05) is 12.5 Å². The number of carboxylic acid groups (broad SMARTS) is 1. The molecule has 2 rings (SSSR count). The van der Waals surface area contributed by atoms with Gasteiger partial charge in [0.2, 0.25) is 5.91 Å². The fourth-order valence-electron chi connectivity index (χ4n) is 3.87. The molecule has 0 aromatic carbocycles. The van der Waals surface area contributed by atoms with Crippen molar-refractivity contribution in [2.45, 2.75) is 65.3 Å². The molecule has 0 aromatic heterocycles. The zero-order chi connectivity index (χ0) is 14.9. The summed E-state index contributed by atoms with van der Waals surface area (Å²) in [5.41, 5.74) is -0.233. The van der Waals surface area contributed by atoms with E-state index in [0.29, 0.717) is 12.3 Å². The molecule has 0 aromatic rings. The molecule has 0 saturated heterocycles. The molecule has 2 fully saturated rings. The lowest BCUT2D eigenvalue weighted by Gasteiger charge is -2.31. The zero-order valence-corrected chi connectivity index (χ0v) is 12.8. The number of carbonyl (C=O) groups is 2. The Balaban J connectivity index is 1.86. The molecule has 4 unspecified atom stereocenters. The molecule has 0 radical (unpaired) electrons. The number of carboxylic acids is 1. The number of carbonyl (C=O) groups excluding carboxylic acids is 1. The quantitative estimate of drug-likeness (QED) is 0.814.